The molecule has 2 fully saturated rings. The van der Waals surface area contributed by atoms with Gasteiger partial charge >= 0.3 is 6.09 Å². The maximum Gasteiger partial charge on any atom is 0.408 e. The molecule has 0 saturated carbocycles. The molecule has 1 atom stereocenters. The van der Waals surface area contributed by atoms with Crippen molar-refractivity contribution >= 4 is 17.0 Å². The molecule has 2 aliphatic heterocycles. The van der Waals surface area contributed by atoms with Gasteiger partial charge in [0, 0.05) is 24.9 Å². The zero-order valence-electron chi connectivity index (χ0n) is 21.8. The van der Waals surface area contributed by atoms with Gasteiger partial charge in [0.05, 0.1) is 43.1 Å². The number of ether oxygens (including phenoxy) is 2. The van der Waals surface area contributed by atoms with Gasteiger partial charge in [0.15, 0.2) is 0 Å². The Hall–Kier alpha value is -3.41. The van der Waals surface area contributed by atoms with E-state index in [1.807, 2.05) is 18.3 Å². The molecule has 37 heavy (non-hydrogen) atoms. The van der Waals surface area contributed by atoms with Gasteiger partial charge in [-0.2, -0.15) is 10.4 Å². The summed E-state index contributed by atoms with van der Waals surface area (Å²) in [6.07, 6.45) is 4.00. The van der Waals surface area contributed by atoms with Crippen LogP contribution in [0.2, 0.25) is 0 Å². The Morgan fingerprint density at radius 1 is 1.14 bits per heavy atom. The first kappa shape index (κ1) is 25.2. The highest BCUT2D eigenvalue weighted by Crippen LogP contribution is 2.31. The SMILES string of the molecule is CC(C)(C)OC(=O)N[C@H](C#N)Cc1ccc(-c2ccc3cnn(C4CCN(C5COC5)CC4)c3c2)cc1. The van der Waals surface area contributed by atoms with Gasteiger partial charge in [-0.1, -0.05) is 36.4 Å². The predicted octanol–water partition coefficient (Wildman–Crippen LogP) is 4.70. The van der Waals surface area contributed by atoms with Crippen LogP contribution < -0.4 is 5.32 Å². The van der Waals surface area contributed by atoms with Crippen LogP contribution in [0.1, 0.15) is 45.2 Å². The van der Waals surface area contributed by atoms with Crippen LogP contribution in [0.3, 0.4) is 0 Å². The van der Waals surface area contributed by atoms with Crippen molar-refractivity contribution in [2.24, 2.45) is 0 Å². The number of nitrogens with zero attached hydrogens (tertiary/aromatic N) is 4. The number of nitriles is 1. The molecule has 0 bridgehead atoms. The molecule has 0 unspecified atom stereocenters. The first-order valence-electron chi connectivity index (χ1n) is 13.1. The second kappa shape index (κ2) is 10.5. The number of likely N-dealkylation sites (tertiary alicyclic amines) is 1. The van der Waals surface area contributed by atoms with Crippen molar-refractivity contribution in [1.29, 1.82) is 5.26 Å². The highest BCUT2D eigenvalue weighted by Gasteiger charge is 2.30. The molecule has 2 saturated heterocycles. The summed E-state index contributed by atoms with van der Waals surface area (Å²) < 4.78 is 12.9. The van der Waals surface area contributed by atoms with Gasteiger partial charge in [-0.05, 0) is 56.4 Å². The summed E-state index contributed by atoms with van der Waals surface area (Å²) in [5.41, 5.74) is 3.77. The summed E-state index contributed by atoms with van der Waals surface area (Å²) in [5, 5.41) is 18.1. The Kier molecular flexibility index (Phi) is 7.18. The number of hydrogen-bond donors (Lipinski definition) is 1. The lowest BCUT2D eigenvalue weighted by molar-refractivity contribution is -0.0733. The van der Waals surface area contributed by atoms with Crippen molar-refractivity contribution in [2.45, 2.75) is 63.8 Å². The monoisotopic (exact) mass is 501 g/mol. The van der Waals surface area contributed by atoms with Crippen LogP contribution in [0, 0.1) is 11.3 Å². The Morgan fingerprint density at radius 3 is 2.46 bits per heavy atom. The van der Waals surface area contributed by atoms with Crippen LogP contribution in [0.25, 0.3) is 22.0 Å². The third-order valence-electron chi connectivity index (χ3n) is 7.15. The number of rotatable bonds is 6. The van der Waals surface area contributed by atoms with E-state index in [0.717, 1.165) is 66.7 Å². The molecule has 5 rings (SSSR count). The summed E-state index contributed by atoms with van der Waals surface area (Å²) in [5.74, 6) is 0. The molecule has 0 aliphatic carbocycles. The van der Waals surface area contributed by atoms with E-state index in [2.05, 4.69) is 51.3 Å². The lowest BCUT2D eigenvalue weighted by atomic mass is 9.99. The van der Waals surface area contributed by atoms with E-state index in [1.54, 1.807) is 20.8 Å². The Balaban J connectivity index is 1.25. The Morgan fingerprint density at radius 2 is 1.84 bits per heavy atom. The van der Waals surface area contributed by atoms with Crippen molar-refractivity contribution < 1.29 is 14.3 Å². The standard InChI is InChI=1S/C29H35N5O3/c1-29(2,3)37-28(35)32-24(16-30)14-20-4-6-21(7-5-20)22-8-9-23-17-31-34(27(23)15-22)25-10-12-33(13-11-25)26-18-36-19-26/h4-9,15,17,24-26H,10-14,18-19H2,1-3H3,(H,32,35)/t24-/m0/s1. The smallest absolute Gasteiger partial charge is 0.408 e. The minimum atomic E-state index is -0.658. The average molecular weight is 502 g/mol. The van der Waals surface area contributed by atoms with Gasteiger partial charge in [0.25, 0.3) is 0 Å². The van der Waals surface area contributed by atoms with Gasteiger partial charge in [0.2, 0.25) is 0 Å². The third kappa shape index (κ3) is 5.95. The van der Waals surface area contributed by atoms with Crippen molar-refractivity contribution in [1.82, 2.24) is 20.0 Å². The molecule has 0 spiro atoms. The number of aromatic nitrogens is 2. The molecule has 2 aromatic carbocycles. The van der Waals surface area contributed by atoms with Crippen molar-refractivity contribution in [3.05, 3.63) is 54.2 Å². The van der Waals surface area contributed by atoms with Crippen LogP contribution in [-0.4, -0.2) is 64.8 Å². The van der Waals surface area contributed by atoms with Gasteiger partial charge in [-0.15, -0.1) is 0 Å². The minimum absolute atomic E-state index is 0.410. The van der Waals surface area contributed by atoms with Crippen LogP contribution >= 0.6 is 0 Å². The van der Waals surface area contributed by atoms with Crippen molar-refractivity contribution in [3.63, 3.8) is 0 Å². The second-order valence-electron chi connectivity index (χ2n) is 11.1. The van der Waals surface area contributed by atoms with E-state index < -0.39 is 17.7 Å². The largest absolute Gasteiger partial charge is 0.444 e. The number of carbonyl (C=O) groups excluding carboxylic acids is 1. The van der Waals surface area contributed by atoms with E-state index in [9.17, 15) is 10.1 Å². The maximum absolute atomic E-state index is 12.0. The topological polar surface area (TPSA) is 92.4 Å². The fraction of sp³-hybridized carbons (Fsp3) is 0.483. The number of fused-ring (bicyclic) bond motifs is 1. The highest BCUT2D eigenvalue weighted by molar-refractivity contribution is 5.84. The minimum Gasteiger partial charge on any atom is -0.444 e. The van der Waals surface area contributed by atoms with Gasteiger partial charge in [-0.25, -0.2) is 4.79 Å². The number of amides is 1. The Bertz CT molecular complexity index is 1280. The number of hydrogen-bond acceptors (Lipinski definition) is 6. The quantitative estimate of drug-likeness (QED) is 0.526. The summed E-state index contributed by atoms with van der Waals surface area (Å²) >= 11 is 0. The molecule has 2 aliphatic rings. The van der Waals surface area contributed by atoms with Gasteiger partial charge < -0.3 is 14.8 Å². The van der Waals surface area contributed by atoms with E-state index in [-0.39, 0.29) is 0 Å². The molecule has 0 radical (unpaired) electrons. The summed E-state index contributed by atoms with van der Waals surface area (Å²) in [6, 6.07) is 17.2. The van der Waals surface area contributed by atoms with Crippen molar-refractivity contribution in [3.8, 4) is 17.2 Å². The first-order chi connectivity index (χ1) is 17.8. The highest BCUT2D eigenvalue weighted by atomic mass is 16.6. The number of alkyl carbamates (subject to hydrolysis) is 1. The van der Waals surface area contributed by atoms with Crippen LogP contribution in [-0.2, 0) is 15.9 Å². The average Bonchev–Trinajstić information content (AvgIpc) is 3.25. The molecule has 3 aromatic rings. The number of nitrogens with one attached hydrogen (secondary N) is 1. The van der Waals surface area contributed by atoms with Crippen molar-refractivity contribution in [2.75, 3.05) is 26.3 Å². The Labute approximate surface area is 218 Å². The molecule has 1 N–H and O–H groups in total. The van der Waals surface area contributed by atoms with Gasteiger partial charge in [-0.3, -0.25) is 9.58 Å². The zero-order valence-corrected chi connectivity index (χ0v) is 21.8. The van der Waals surface area contributed by atoms with Gasteiger partial charge in [0.1, 0.15) is 11.6 Å². The lowest BCUT2D eigenvalue weighted by Gasteiger charge is -2.41. The molecule has 8 nitrogen and oxygen atoms in total. The summed E-state index contributed by atoms with van der Waals surface area (Å²) in [7, 11) is 0. The number of benzene rings is 2. The molecule has 1 aromatic heterocycles. The van der Waals surface area contributed by atoms with E-state index in [1.165, 1.54) is 0 Å². The maximum atomic E-state index is 12.0. The first-order valence-corrected chi connectivity index (χ1v) is 13.1. The second-order valence-corrected chi connectivity index (χ2v) is 11.1. The molecular formula is C29H35N5O3. The fourth-order valence-electron chi connectivity index (χ4n) is 5.09. The fourth-order valence-corrected chi connectivity index (χ4v) is 5.09. The molecule has 3 heterocycles. The van der Waals surface area contributed by atoms with E-state index in [0.29, 0.717) is 18.5 Å². The van der Waals surface area contributed by atoms with Crippen LogP contribution in [0.4, 0.5) is 4.79 Å². The number of piperidine rings is 1. The molecular weight excluding hydrogens is 466 g/mol. The number of carbonyl (C=O) groups is 1. The van der Waals surface area contributed by atoms with E-state index in [4.69, 9.17) is 14.6 Å². The van der Waals surface area contributed by atoms with E-state index >= 15 is 0 Å². The molecule has 194 valence electrons. The van der Waals surface area contributed by atoms with Crippen LogP contribution in [0.15, 0.2) is 48.7 Å². The normalized spacial score (nSPS) is 18.2. The predicted molar refractivity (Wildman–Crippen MR) is 142 cm³/mol. The molecule has 1 amide bonds. The summed E-state index contributed by atoms with van der Waals surface area (Å²) in [6.45, 7) is 9.31. The third-order valence-corrected chi connectivity index (χ3v) is 7.15. The van der Waals surface area contributed by atoms with Crippen LogP contribution in [0.5, 0.6) is 0 Å². The lowest BCUT2D eigenvalue weighted by Crippen LogP contribution is -2.51. The zero-order chi connectivity index (χ0) is 26.0. The summed E-state index contributed by atoms with van der Waals surface area (Å²) in [4.78, 5) is 14.6. The molecule has 8 heteroatoms.